The van der Waals surface area contributed by atoms with Gasteiger partial charge in [0.2, 0.25) is 0 Å². The van der Waals surface area contributed by atoms with Crippen LogP contribution in [-0.2, 0) is 0 Å². The molecule has 1 saturated heterocycles. The van der Waals surface area contributed by atoms with Gasteiger partial charge in [-0.3, -0.25) is 0 Å². The molecule has 0 bridgehead atoms. The summed E-state index contributed by atoms with van der Waals surface area (Å²) >= 11 is 0. The third-order valence-corrected chi connectivity index (χ3v) is 5.91. The highest BCUT2D eigenvalue weighted by atomic mass is 19.1. The molecule has 7 heteroatoms. The lowest BCUT2D eigenvalue weighted by Crippen LogP contribution is -2.40. The zero-order valence-electron chi connectivity index (χ0n) is 17.6. The van der Waals surface area contributed by atoms with Crippen molar-refractivity contribution in [2.75, 3.05) is 18.0 Å². The van der Waals surface area contributed by atoms with Crippen molar-refractivity contribution in [2.45, 2.75) is 25.8 Å². The average Bonchev–Trinajstić information content (AvgIpc) is 2.80. The fraction of sp³-hybridized carbons (Fsp3) is 0.240. The number of benzene rings is 2. The molecule has 1 aliphatic rings. The zero-order valence-corrected chi connectivity index (χ0v) is 17.6. The molecule has 2 heterocycles. The average molecular weight is 427 g/mol. The molecule has 160 valence electrons. The van der Waals surface area contributed by atoms with Crippen molar-refractivity contribution in [1.29, 1.82) is 10.5 Å². The summed E-state index contributed by atoms with van der Waals surface area (Å²) in [4.78, 5) is 6.63. The lowest BCUT2D eigenvalue weighted by Gasteiger charge is -2.32. The van der Waals surface area contributed by atoms with E-state index in [0.29, 0.717) is 46.7 Å². The van der Waals surface area contributed by atoms with Crippen molar-refractivity contribution in [3.8, 4) is 40.1 Å². The van der Waals surface area contributed by atoms with E-state index in [1.165, 1.54) is 12.1 Å². The number of nitrogens with two attached hydrogens (primary N) is 1. The molecule has 1 aliphatic heterocycles. The lowest BCUT2D eigenvalue weighted by atomic mass is 9.91. The maximum Gasteiger partial charge on any atom is 0.147 e. The quantitative estimate of drug-likeness (QED) is 0.647. The smallest absolute Gasteiger partial charge is 0.147 e. The molecule has 1 fully saturated rings. The molecule has 3 aromatic rings. The molecule has 0 atom stereocenters. The Labute approximate surface area is 186 Å². The van der Waals surface area contributed by atoms with Crippen molar-refractivity contribution in [1.82, 2.24) is 4.98 Å². The van der Waals surface area contributed by atoms with Gasteiger partial charge in [-0.1, -0.05) is 18.2 Å². The molecule has 0 spiro atoms. The molecule has 0 unspecified atom stereocenters. The normalized spacial score (nSPS) is 14.1. The van der Waals surface area contributed by atoms with Crippen LogP contribution in [0.1, 0.15) is 29.5 Å². The molecule has 2 aromatic carbocycles. The van der Waals surface area contributed by atoms with Gasteiger partial charge in [0, 0.05) is 36.5 Å². The number of phenolic OH excluding ortho intramolecular Hbond substituents is 1. The predicted octanol–water partition coefficient (Wildman–Crippen LogP) is 4.24. The number of aryl methyl sites for hydroxylation is 1. The first-order valence-corrected chi connectivity index (χ1v) is 10.4. The second kappa shape index (κ2) is 8.66. The third-order valence-electron chi connectivity index (χ3n) is 5.91. The molecular formula is C25H22FN5O. The van der Waals surface area contributed by atoms with Gasteiger partial charge in [0.15, 0.2) is 0 Å². The molecular weight excluding hydrogens is 405 g/mol. The fourth-order valence-corrected chi connectivity index (χ4v) is 4.02. The lowest BCUT2D eigenvalue weighted by molar-refractivity contribution is 0.471. The molecule has 0 amide bonds. The van der Waals surface area contributed by atoms with Gasteiger partial charge in [-0.2, -0.15) is 10.5 Å². The van der Waals surface area contributed by atoms with Gasteiger partial charge in [0.1, 0.15) is 35.1 Å². The first-order chi connectivity index (χ1) is 15.4. The van der Waals surface area contributed by atoms with Crippen LogP contribution in [-0.4, -0.2) is 29.2 Å². The third kappa shape index (κ3) is 3.87. The minimum Gasteiger partial charge on any atom is -0.508 e. The van der Waals surface area contributed by atoms with Gasteiger partial charge in [0.05, 0.1) is 5.56 Å². The fourth-order valence-electron chi connectivity index (χ4n) is 4.02. The highest BCUT2D eigenvalue weighted by molar-refractivity contribution is 5.90. The van der Waals surface area contributed by atoms with E-state index in [-0.39, 0.29) is 17.4 Å². The number of hydrogen-bond donors (Lipinski definition) is 2. The molecule has 0 aliphatic carbocycles. The number of nitrogens with zero attached hydrogens (tertiary/aromatic N) is 4. The molecule has 4 rings (SSSR count). The van der Waals surface area contributed by atoms with E-state index in [2.05, 4.69) is 11.1 Å². The Balaban J connectivity index is 1.96. The molecule has 1 aromatic heterocycles. The van der Waals surface area contributed by atoms with E-state index in [1.807, 2.05) is 17.0 Å². The van der Waals surface area contributed by atoms with Crippen LogP contribution < -0.4 is 10.6 Å². The summed E-state index contributed by atoms with van der Waals surface area (Å²) in [5.41, 5.74) is 9.23. The van der Waals surface area contributed by atoms with Crippen LogP contribution in [0.25, 0.3) is 22.3 Å². The standard InChI is InChI=1S/C25H22FN5O/c1-15-2-3-16(11-23(15)32)21-14-30-25(31-8-6-19(29)7-9-31)20(13-28)24(21)17-4-5-18(12-27)22(26)10-17/h2-5,10-11,14,19,32H,6-9,29H2,1H3. The Bertz CT molecular complexity index is 1270. The summed E-state index contributed by atoms with van der Waals surface area (Å²) < 4.78 is 14.5. The van der Waals surface area contributed by atoms with E-state index in [1.54, 1.807) is 31.3 Å². The summed E-state index contributed by atoms with van der Waals surface area (Å²) in [5, 5.41) is 29.5. The van der Waals surface area contributed by atoms with Crippen LogP contribution in [0.5, 0.6) is 5.75 Å². The Kier molecular flexibility index (Phi) is 5.77. The van der Waals surface area contributed by atoms with Crippen molar-refractivity contribution in [3.05, 3.63) is 65.1 Å². The van der Waals surface area contributed by atoms with Crippen LogP contribution in [0.2, 0.25) is 0 Å². The Morgan fingerprint density at radius 3 is 2.44 bits per heavy atom. The first-order valence-electron chi connectivity index (χ1n) is 10.4. The molecule has 0 radical (unpaired) electrons. The number of rotatable bonds is 3. The van der Waals surface area contributed by atoms with Crippen molar-refractivity contribution < 1.29 is 9.50 Å². The van der Waals surface area contributed by atoms with Crippen LogP contribution in [0.4, 0.5) is 10.2 Å². The van der Waals surface area contributed by atoms with E-state index in [0.717, 1.165) is 18.4 Å². The van der Waals surface area contributed by atoms with Crippen LogP contribution >= 0.6 is 0 Å². The highest BCUT2D eigenvalue weighted by Gasteiger charge is 2.25. The number of halogens is 1. The monoisotopic (exact) mass is 427 g/mol. The summed E-state index contributed by atoms with van der Waals surface area (Å²) in [7, 11) is 0. The Morgan fingerprint density at radius 1 is 1.09 bits per heavy atom. The topological polar surface area (TPSA) is 110 Å². The second-order valence-electron chi connectivity index (χ2n) is 7.99. The largest absolute Gasteiger partial charge is 0.508 e. The predicted molar refractivity (Wildman–Crippen MR) is 120 cm³/mol. The zero-order chi connectivity index (χ0) is 22.8. The van der Waals surface area contributed by atoms with Crippen LogP contribution in [0.15, 0.2) is 42.6 Å². The minimum absolute atomic E-state index is 0.0684. The van der Waals surface area contributed by atoms with E-state index < -0.39 is 5.82 Å². The SMILES string of the molecule is Cc1ccc(-c2cnc(N3CCC(N)CC3)c(C#N)c2-c2ccc(C#N)c(F)c2)cc1O. The van der Waals surface area contributed by atoms with Crippen molar-refractivity contribution in [3.63, 3.8) is 0 Å². The summed E-state index contributed by atoms with van der Waals surface area (Å²) in [5.74, 6) is -0.0137. The van der Waals surface area contributed by atoms with Gasteiger partial charge in [0.25, 0.3) is 0 Å². The van der Waals surface area contributed by atoms with Crippen molar-refractivity contribution >= 4 is 5.82 Å². The maximum atomic E-state index is 14.5. The summed E-state index contributed by atoms with van der Waals surface area (Å²) in [6.07, 6.45) is 3.24. The first kappa shape index (κ1) is 21.3. The van der Waals surface area contributed by atoms with E-state index in [4.69, 9.17) is 11.0 Å². The molecule has 6 nitrogen and oxygen atoms in total. The van der Waals surface area contributed by atoms with Gasteiger partial charge < -0.3 is 15.7 Å². The van der Waals surface area contributed by atoms with Gasteiger partial charge in [-0.05, 0) is 54.7 Å². The minimum atomic E-state index is -0.658. The molecule has 3 N–H and O–H groups in total. The molecule has 32 heavy (non-hydrogen) atoms. The number of aromatic hydroxyl groups is 1. The maximum absolute atomic E-state index is 14.5. The number of anilines is 1. The van der Waals surface area contributed by atoms with Gasteiger partial charge in [-0.25, -0.2) is 9.37 Å². The van der Waals surface area contributed by atoms with E-state index in [9.17, 15) is 14.8 Å². The highest BCUT2D eigenvalue weighted by Crippen LogP contribution is 2.40. The summed E-state index contributed by atoms with van der Waals surface area (Å²) in [6, 6.07) is 13.7. The summed E-state index contributed by atoms with van der Waals surface area (Å²) in [6.45, 7) is 3.14. The number of piperidine rings is 1. The Hall–Kier alpha value is -3.94. The van der Waals surface area contributed by atoms with Crippen molar-refractivity contribution in [2.24, 2.45) is 5.73 Å². The van der Waals surface area contributed by atoms with E-state index >= 15 is 0 Å². The number of hydrogen-bond acceptors (Lipinski definition) is 6. The Morgan fingerprint density at radius 2 is 1.81 bits per heavy atom. The number of phenols is 1. The number of pyridine rings is 1. The van der Waals surface area contributed by atoms with Crippen LogP contribution in [0, 0.1) is 35.4 Å². The number of aromatic nitrogens is 1. The number of nitriles is 2. The van der Waals surface area contributed by atoms with Crippen LogP contribution in [0.3, 0.4) is 0 Å². The second-order valence-corrected chi connectivity index (χ2v) is 7.99. The van der Waals surface area contributed by atoms with Gasteiger partial charge >= 0.3 is 0 Å². The van der Waals surface area contributed by atoms with Gasteiger partial charge in [-0.15, -0.1) is 0 Å². The molecule has 0 saturated carbocycles.